The van der Waals surface area contributed by atoms with Crippen molar-refractivity contribution >= 4 is 17.8 Å². The van der Waals surface area contributed by atoms with Crippen molar-refractivity contribution in [3.8, 4) is 0 Å². The lowest BCUT2D eigenvalue weighted by Gasteiger charge is -2.15. The zero-order valence-corrected chi connectivity index (χ0v) is 14.9. The molecule has 0 fully saturated rings. The Hall–Kier alpha value is -3.35. The molecule has 0 spiro atoms. The monoisotopic (exact) mass is 368 g/mol. The largest absolute Gasteiger partial charge is 0.480 e. The van der Waals surface area contributed by atoms with Gasteiger partial charge in [-0.1, -0.05) is 42.5 Å². The van der Waals surface area contributed by atoms with Crippen molar-refractivity contribution in [2.24, 2.45) is 5.73 Å². The van der Waals surface area contributed by atoms with E-state index in [0.717, 1.165) is 12.0 Å². The molecule has 0 bridgehead atoms. The molecule has 0 aliphatic carbocycles. The van der Waals surface area contributed by atoms with Gasteiger partial charge in [-0.25, -0.2) is 4.79 Å². The normalized spacial score (nSPS) is 11.4. The zero-order chi connectivity index (χ0) is 19.6. The SMILES string of the molecule is N=C(N)NCCCC(NC(=O)c1ccc(Cc2ccccc2)cc1)C(=O)O. The van der Waals surface area contributed by atoms with Gasteiger partial charge in [0, 0.05) is 12.1 Å². The first-order valence-electron chi connectivity index (χ1n) is 8.70. The maximum atomic E-state index is 12.3. The number of carboxylic acid groups (broad SMARTS) is 1. The fraction of sp³-hybridized carbons (Fsp3) is 0.250. The number of hydrogen-bond acceptors (Lipinski definition) is 3. The van der Waals surface area contributed by atoms with Crippen LogP contribution in [-0.2, 0) is 11.2 Å². The van der Waals surface area contributed by atoms with E-state index in [1.165, 1.54) is 5.56 Å². The van der Waals surface area contributed by atoms with E-state index in [1.54, 1.807) is 12.1 Å². The Bertz CT molecular complexity index is 776. The van der Waals surface area contributed by atoms with Crippen LogP contribution in [0.25, 0.3) is 0 Å². The van der Waals surface area contributed by atoms with E-state index in [2.05, 4.69) is 10.6 Å². The Labute approximate surface area is 158 Å². The molecule has 7 heteroatoms. The van der Waals surface area contributed by atoms with Crippen molar-refractivity contribution in [2.75, 3.05) is 6.54 Å². The quantitative estimate of drug-likeness (QED) is 0.262. The molecule has 0 aliphatic heterocycles. The third-order valence-electron chi connectivity index (χ3n) is 4.06. The molecule has 27 heavy (non-hydrogen) atoms. The van der Waals surface area contributed by atoms with Crippen LogP contribution in [0.1, 0.15) is 34.3 Å². The molecule has 1 atom stereocenters. The molecule has 6 N–H and O–H groups in total. The molecule has 1 amide bonds. The van der Waals surface area contributed by atoms with Gasteiger partial charge < -0.3 is 21.5 Å². The Morgan fingerprint density at radius 1 is 1.04 bits per heavy atom. The average Bonchev–Trinajstić information content (AvgIpc) is 2.65. The number of benzene rings is 2. The highest BCUT2D eigenvalue weighted by Gasteiger charge is 2.20. The van der Waals surface area contributed by atoms with Gasteiger partial charge in [-0.15, -0.1) is 0 Å². The molecule has 0 aliphatic rings. The van der Waals surface area contributed by atoms with Crippen LogP contribution in [-0.4, -0.2) is 35.5 Å². The fourth-order valence-electron chi connectivity index (χ4n) is 2.63. The summed E-state index contributed by atoms with van der Waals surface area (Å²) in [6, 6.07) is 16.2. The second kappa shape index (κ2) is 9.96. The van der Waals surface area contributed by atoms with E-state index in [9.17, 15) is 14.7 Å². The van der Waals surface area contributed by atoms with E-state index in [0.29, 0.717) is 18.5 Å². The lowest BCUT2D eigenvalue weighted by Crippen LogP contribution is -2.41. The summed E-state index contributed by atoms with van der Waals surface area (Å²) >= 11 is 0. The van der Waals surface area contributed by atoms with Gasteiger partial charge in [0.2, 0.25) is 0 Å². The maximum absolute atomic E-state index is 12.3. The highest BCUT2D eigenvalue weighted by molar-refractivity contribution is 5.96. The van der Waals surface area contributed by atoms with Gasteiger partial charge in [0.25, 0.3) is 5.91 Å². The van der Waals surface area contributed by atoms with Gasteiger partial charge in [-0.2, -0.15) is 0 Å². The van der Waals surface area contributed by atoms with Crippen LogP contribution >= 0.6 is 0 Å². The number of carbonyl (C=O) groups is 2. The Morgan fingerprint density at radius 2 is 1.67 bits per heavy atom. The smallest absolute Gasteiger partial charge is 0.326 e. The molecule has 7 nitrogen and oxygen atoms in total. The Morgan fingerprint density at radius 3 is 2.26 bits per heavy atom. The minimum atomic E-state index is -1.09. The highest BCUT2D eigenvalue weighted by Crippen LogP contribution is 2.11. The number of guanidine groups is 1. The summed E-state index contributed by atoms with van der Waals surface area (Å²) in [6.07, 6.45) is 1.48. The summed E-state index contributed by atoms with van der Waals surface area (Å²) < 4.78 is 0. The molecule has 0 saturated carbocycles. The van der Waals surface area contributed by atoms with E-state index in [-0.39, 0.29) is 12.4 Å². The van der Waals surface area contributed by atoms with Gasteiger partial charge in [0.05, 0.1) is 0 Å². The van der Waals surface area contributed by atoms with Crippen molar-refractivity contribution in [3.63, 3.8) is 0 Å². The molecule has 0 heterocycles. The lowest BCUT2D eigenvalue weighted by atomic mass is 10.0. The van der Waals surface area contributed by atoms with Gasteiger partial charge in [-0.05, 0) is 42.5 Å². The van der Waals surface area contributed by atoms with E-state index >= 15 is 0 Å². The zero-order valence-electron chi connectivity index (χ0n) is 14.9. The van der Waals surface area contributed by atoms with Gasteiger partial charge >= 0.3 is 5.97 Å². The average molecular weight is 368 g/mol. The summed E-state index contributed by atoms with van der Waals surface area (Å²) in [4.78, 5) is 23.7. The first-order valence-corrected chi connectivity index (χ1v) is 8.70. The molecular formula is C20H24N4O3. The Kier molecular flexibility index (Phi) is 7.37. The van der Waals surface area contributed by atoms with Crippen LogP contribution in [0.4, 0.5) is 0 Å². The Balaban J connectivity index is 1.91. The number of amides is 1. The second-order valence-electron chi connectivity index (χ2n) is 6.21. The first-order chi connectivity index (χ1) is 13.0. The third kappa shape index (κ3) is 6.81. The summed E-state index contributed by atoms with van der Waals surface area (Å²) in [5, 5.41) is 21.5. The summed E-state index contributed by atoms with van der Waals surface area (Å²) in [5.41, 5.74) is 7.84. The number of carbonyl (C=O) groups excluding carboxylic acids is 1. The number of hydrogen-bond donors (Lipinski definition) is 5. The number of carboxylic acids is 1. The molecule has 2 aromatic carbocycles. The fourth-order valence-corrected chi connectivity index (χ4v) is 2.63. The predicted molar refractivity (Wildman–Crippen MR) is 104 cm³/mol. The maximum Gasteiger partial charge on any atom is 0.326 e. The standard InChI is InChI=1S/C20H24N4O3/c21-20(22)23-12-4-7-17(19(26)27)24-18(25)16-10-8-15(9-11-16)13-14-5-2-1-3-6-14/h1-3,5-6,8-11,17H,4,7,12-13H2,(H,24,25)(H,26,27)(H4,21,22,23). The minimum Gasteiger partial charge on any atom is -0.480 e. The summed E-state index contributed by atoms with van der Waals surface area (Å²) in [7, 11) is 0. The van der Waals surface area contributed by atoms with Gasteiger partial charge in [0.15, 0.2) is 5.96 Å². The summed E-state index contributed by atoms with van der Waals surface area (Å²) in [6.45, 7) is 0.378. The molecular weight excluding hydrogens is 344 g/mol. The number of aliphatic carboxylic acids is 1. The van der Waals surface area contributed by atoms with Crippen molar-refractivity contribution in [1.29, 1.82) is 5.41 Å². The van der Waals surface area contributed by atoms with Crippen LogP contribution in [0.3, 0.4) is 0 Å². The first kappa shape index (κ1) is 20.0. The molecule has 142 valence electrons. The van der Waals surface area contributed by atoms with Crippen LogP contribution in [0, 0.1) is 5.41 Å². The molecule has 0 saturated heterocycles. The van der Waals surface area contributed by atoms with Crippen molar-refractivity contribution in [3.05, 3.63) is 71.3 Å². The van der Waals surface area contributed by atoms with Crippen molar-refractivity contribution < 1.29 is 14.7 Å². The van der Waals surface area contributed by atoms with Crippen LogP contribution in [0.2, 0.25) is 0 Å². The molecule has 2 aromatic rings. The number of nitrogens with one attached hydrogen (secondary N) is 3. The predicted octanol–water partition coefficient (Wildman–Crippen LogP) is 1.72. The molecule has 1 unspecified atom stereocenters. The van der Waals surface area contributed by atoms with E-state index in [4.69, 9.17) is 11.1 Å². The van der Waals surface area contributed by atoms with Gasteiger partial charge in [0.1, 0.15) is 6.04 Å². The second-order valence-corrected chi connectivity index (χ2v) is 6.21. The van der Waals surface area contributed by atoms with Crippen LogP contribution in [0.15, 0.2) is 54.6 Å². The number of nitrogens with two attached hydrogens (primary N) is 1. The third-order valence-corrected chi connectivity index (χ3v) is 4.06. The van der Waals surface area contributed by atoms with E-state index in [1.807, 2.05) is 42.5 Å². The lowest BCUT2D eigenvalue weighted by molar-refractivity contribution is -0.139. The molecule has 2 rings (SSSR count). The van der Waals surface area contributed by atoms with Crippen molar-refractivity contribution in [1.82, 2.24) is 10.6 Å². The number of rotatable bonds is 9. The van der Waals surface area contributed by atoms with Gasteiger partial charge in [-0.3, -0.25) is 10.2 Å². The highest BCUT2D eigenvalue weighted by atomic mass is 16.4. The van der Waals surface area contributed by atoms with E-state index < -0.39 is 17.9 Å². The molecule has 0 radical (unpaired) electrons. The van der Waals surface area contributed by atoms with Crippen molar-refractivity contribution in [2.45, 2.75) is 25.3 Å². The summed E-state index contributed by atoms with van der Waals surface area (Å²) in [5.74, 6) is -1.68. The van der Waals surface area contributed by atoms with Crippen LogP contribution in [0.5, 0.6) is 0 Å². The topological polar surface area (TPSA) is 128 Å². The molecule has 0 aromatic heterocycles. The minimum absolute atomic E-state index is 0.165. The van der Waals surface area contributed by atoms with Crippen LogP contribution < -0.4 is 16.4 Å².